The number of hydrogen-bond donors (Lipinski definition) is 1. The molecule has 1 aromatic heterocycles. The van der Waals surface area contributed by atoms with Crippen LogP contribution >= 0.6 is 11.8 Å². The van der Waals surface area contributed by atoms with Gasteiger partial charge in [0.15, 0.2) is 0 Å². The Morgan fingerprint density at radius 1 is 1.14 bits per heavy atom. The summed E-state index contributed by atoms with van der Waals surface area (Å²) in [6, 6.07) is 16.5. The predicted octanol–water partition coefficient (Wildman–Crippen LogP) is 4.07. The quantitative estimate of drug-likeness (QED) is 0.568. The fourth-order valence-corrected chi connectivity index (χ4v) is 4.12. The molecule has 2 aromatic carbocycles. The fourth-order valence-electron chi connectivity index (χ4n) is 3.29. The van der Waals surface area contributed by atoms with Crippen molar-refractivity contribution in [3.05, 3.63) is 65.2 Å². The van der Waals surface area contributed by atoms with Crippen molar-refractivity contribution < 1.29 is 4.79 Å². The number of nitrogens with zero attached hydrogens (tertiary/aromatic N) is 4. The Morgan fingerprint density at radius 2 is 1.83 bits per heavy atom. The zero-order valence-corrected chi connectivity index (χ0v) is 18.1. The molecule has 3 rings (SSSR count). The lowest BCUT2D eigenvalue weighted by Crippen LogP contribution is -2.34. The summed E-state index contributed by atoms with van der Waals surface area (Å²) in [5, 5.41) is 15.4. The van der Waals surface area contributed by atoms with Crippen LogP contribution in [0.25, 0.3) is 5.69 Å². The highest BCUT2D eigenvalue weighted by atomic mass is 32.2. The number of aromatic nitrogens is 4. The number of benzene rings is 2. The summed E-state index contributed by atoms with van der Waals surface area (Å²) < 4.78 is 1.69. The van der Waals surface area contributed by atoms with Gasteiger partial charge in [-0.3, -0.25) is 4.79 Å². The number of tetrazole rings is 1. The Morgan fingerprint density at radius 3 is 2.48 bits per heavy atom. The maximum Gasteiger partial charge on any atom is 0.233 e. The molecule has 3 aromatic rings. The second-order valence-electron chi connectivity index (χ2n) is 7.24. The van der Waals surface area contributed by atoms with Crippen molar-refractivity contribution >= 4 is 17.7 Å². The minimum atomic E-state index is -0.307. The van der Waals surface area contributed by atoms with E-state index >= 15 is 0 Å². The topological polar surface area (TPSA) is 72.7 Å². The average molecular weight is 410 g/mol. The number of aryl methyl sites for hydroxylation is 2. The van der Waals surface area contributed by atoms with Gasteiger partial charge in [0.05, 0.1) is 10.9 Å². The maximum atomic E-state index is 12.7. The molecule has 1 heterocycles. The molecule has 0 aliphatic heterocycles. The Labute approximate surface area is 176 Å². The van der Waals surface area contributed by atoms with Crippen molar-refractivity contribution in [2.75, 3.05) is 6.54 Å². The molecule has 29 heavy (non-hydrogen) atoms. The summed E-state index contributed by atoms with van der Waals surface area (Å²) in [7, 11) is 0. The van der Waals surface area contributed by atoms with Gasteiger partial charge in [0.2, 0.25) is 11.1 Å². The van der Waals surface area contributed by atoms with E-state index < -0.39 is 0 Å². The highest BCUT2D eigenvalue weighted by Crippen LogP contribution is 2.24. The molecule has 0 aliphatic rings. The van der Waals surface area contributed by atoms with Crippen molar-refractivity contribution in [2.24, 2.45) is 0 Å². The number of nitrogens with one attached hydrogen (secondary N) is 1. The van der Waals surface area contributed by atoms with Gasteiger partial charge in [-0.2, -0.15) is 4.68 Å². The average Bonchev–Trinajstić information content (AvgIpc) is 3.16. The van der Waals surface area contributed by atoms with Gasteiger partial charge in [-0.25, -0.2) is 0 Å². The van der Waals surface area contributed by atoms with E-state index in [0.29, 0.717) is 17.6 Å². The van der Waals surface area contributed by atoms with E-state index in [1.54, 1.807) is 4.68 Å². The second kappa shape index (κ2) is 9.69. The van der Waals surface area contributed by atoms with Crippen molar-refractivity contribution in [2.45, 2.75) is 50.4 Å². The first-order chi connectivity index (χ1) is 14.0. The molecule has 0 bridgehead atoms. The van der Waals surface area contributed by atoms with Gasteiger partial charge in [-0.05, 0) is 66.4 Å². The fraction of sp³-hybridized carbons (Fsp3) is 0.364. The molecule has 2 atom stereocenters. The standard InChI is InChI=1S/C22H27N5OS/c1-5-18(19-9-7-6-8-10-19)14-23-21(28)17(4)29-22-24-25-26-27(22)20-12-15(2)11-16(3)13-20/h6-13,17-18H,5,14H2,1-4H3,(H,23,28)/t17-,18+/m0/s1. The van der Waals surface area contributed by atoms with Crippen LogP contribution in [-0.4, -0.2) is 37.9 Å². The largest absolute Gasteiger partial charge is 0.355 e. The Kier molecular flexibility index (Phi) is 7.04. The van der Waals surface area contributed by atoms with Crippen LogP contribution in [0.15, 0.2) is 53.7 Å². The van der Waals surface area contributed by atoms with Crippen molar-refractivity contribution in [3.8, 4) is 5.69 Å². The van der Waals surface area contributed by atoms with Gasteiger partial charge >= 0.3 is 0 Å². The lowest BCUT2D eigenvalue weighted by atomic mass is 9.96. The van der Waals surface area contributed by atoms with E-state index in [1.165, 1.54) is 17.3 Å². The molecule has 0 radical (unpaired) electrons. The molecule has 0 saturated carbocycles. The van der Waals surface area contributed by atoms with Gasteiger partial charge in [-0.1, -0.05) is 55.1 Å². The summed E-state index contributed by atoms with van der Waals surface area (Å²) >= 11 is 1.36. The normalized spacial score (nSPS) is 13.1. The van der Waals surface area contributed by atoms with Crippen molar-refractivity contribution in [1.29, 1.82) is 0 Å². The maximum absolute atomic E-state index is 12.7. The predicted molar refractivity (Wildman–Crippen MR) is 116 cm³/mol. The van der Waals surface area contributed by atoms with Crippen LogP contribution in [0.3, 0.4) is 0 Å². The highest BCUT2D eigenvalue weighted by Gasteiger charge is 2.20. The summed E-state index contributed by atoms with van der Waals surface area (Å²) in [6.07, 6.45) is 0.969. The molecular weight excluding hydrogens is 382 g/mol. The highest BCUT2D eigenvalue weighted by molar-refractivity contribution is 8.00. The third kappa shape index (κ3) is 5.44. The number of carbonyl (C=O) groups excluding carboxylic acids is 1. The minimum Gasteiger partial charge on any atom is -0.355 e. The van der Waals surface area contributed by atoms with Gasteiger partial charge < -0.3 is 5.32 Å². The van der Waals surface area contributed by atoms with Crippen LogP contribution in [0.1, 0.15) is 42.9 Å². The number of carbonyl (C=O) groups is 1. The van der Waals surface area contributed by atoms with E-state index in [4.69, 9.17) is 0 Å². The van der Waals surface area contributed by atoms with Gasteiger partial charge in [0, 0.05) is 12.5 Å². The number of amides is 1. The van der Waals surface area contributed by atoms with E-state index in [0.717, 1.165) is 23.2 Å². The van der Waals surface area contributed by atoms with Crippen molar-refractivity contribution in [3.63, 3.8) is 0 Å². The summed E-state index contributed by atoms with van der Waals surface area (Å²) in [5.74, 6) is 0.289. The van der Waals surface area contributed by atoms with E-state index in [9.17, 15) is 4.79 Å². The minimum absolute atomic E-state index is 0.0145. The molecule has 0 fully saturated rings. The van der Waals surface area contributed by atoms with Crippen LogP contribution in [0.2, 0.25) is 0 Å². The molecule has 0 saturated heterocycles. The zero-order chi connectivity index (χ0) is 20.8. The molecule has 0 unspecified atom stereocenters. The summed E-state index contributed by atoms with van der Waals surface area (Å²) in [4.78, 5) is 12.7. The first kappa shape index (κ1) is 21.0. The third-order valence-corrected chi connectivity index (χ3v) is 5.86. The molecule has 0 aliphatic carbocycles. The lowest BCUT2D eigenvalue weighted by molar-refractivity contribution is -0.120. The van der Waals surface area contributed by atoms with E-state index in [2.05, 4.69) is 46.0 Å². The molecule has 1 amide bonds. The van der Waals surface area contributed by atoms with Crippen LogP contribution < -0.4 is 5.32 Å². The lowest BCUT2D eigenvalue weighted by Gasteiger charge is -2.18. The van der Waals surface area contributed by atoms with E-state index in [1.807, 2.05) is 51.1 Å². The second-order valence-corrected chi connectivity index (χ2v) is 8.55. The third-order valence-electron chi connectivity index (χ3n) is 4.83. The van der Waals surface area contributed by atoms with Crippen LogP contribution in [0, 0.1) is 13.8 Å². The van der Waals surface area contributed by atoms with E-state index in [-0.39, 0.29) is 11.2 Å². The molecule has 0 spiro atoms. The molecule has 152 valence electrons. The Bertz CT molecular complexity index is 937. The molecule has 1 N–H and O–H groups in total. The van der Waals surface area contributed by atoms with Crippen LogP contribution in [0.4, 0.5) is 0 Å². The molecular formula is C22H27N5OS. The van der Waals surface area contributed by atoms with Crippen LogP contribution in [0.5, 0.6) is 0 Å². The van der Waals surface area contributed by atoms with Gasteiger partial charge in [0.1, 0.15) is 0 Å². The summed E-state index contributed by atoms with van der Waals surface area (Å²) in [5.41, 5.74) is 4.43. The molecule has 6 nitrogen and oxygen atoms in total. The van der Waals surface area contributed by atoms with Gasteiger partial charge in [0.25, 0.3) is 0 Å². The summed E-state index contributed by atoms with van der Waals surface area (Å²) in [6.45, 7) is 8.72. The first-order valence-corrected chi connectivity index (χ1v) is 10.7. The Hall–Kier alpha value is -2.67. The Balaban J connectivity index is 1.64. The smallest absolute Gasteiger partial charge is 0.233 e. The monoisotopic (exact) mass is 409 g/mol. The van der Waals surface area contributed by atoms with Crippen molar-refractivity contribution in [1.82, 2.24) is 25.5 Å². The number of thioether (sulfide) groups is 1. The number of rotatable bonds is 8. The molecule has 7 heteroatoms. The SMILES string of the molecule is CC[C@H](CNC(=O)[C@H](C)Sc1nnnn1-c1cc(C)cc(C)c1)c1ccccc1. The van der Waals surface area contributed by atoms with Crippen LogP contribution in [-0.2, 0) is 4.79 Å². The number of hydrogen-bond acceptors (Lipinski definition) is 5. The van der Waals surface area contributed by atoms with Gasteiger partial charge in [-0.15, -0.1) is 5.10 Å². The zero-order valence-electron chi connectivity index (χ0n) is 17.3. The first-order valence-electron chi connectivity index (χ1n) is 9.84.